The Hall–Kier alpha value is -6.80. The summed E-state index contributed by atoms with van der Waals surface area (Å²) in [6.45, 7) is 22.7. The van der Waals surface area contributed by atoms with Crippen LogP contribution in [0.25, 0.3) is 22.3 Å². The Morgan fingerprint density at radius 1 is 0.314 bits per heavy atom. The maximum absolute atomic E-state index is 11.6. The number of rotatable bonds is 30. The summed E-state index contributed by atoms with van der Waals surface area (Å²) < 4.78 is 21.1. The Bertz CT molecular complexity index is 2160. The summed E-state index contributed by atoms with van der Waals surface area (Å²) >= 11 is 0. The van der Waals surface area contributed by atoms with Crippen LogP contribution in [0.15, 0.2) is 148 Å². The van der Waals surface area contributed by atoms with Crippen molar-refractivity contribution in [1.29, 1.82) is 0 Å². The van der Waals surface area contributed by atoms with E-state index in [0.29, 0.717) is 23.0 Å². The van der Waals surface area contributed by atoms with Gasteiger partial charge in [0.15, 0.2) is 0 Å². The molecule has 70 heavy (non-hydrogen) atoms. The van der Waals surface area contributed by atoms with Crippen LogP contribution in [0.5, 0.6) is 23.0 Å². The lowest BCUT2D eigenvalue weighted by Gasteiger charge is -2.18. The first kappa shape index (κ1) is 57.5. The van der Waals surface area contributed by atoms with Crippen LogP contribution in [0.3, 0.4) is 0 Å². The number of ether oxygens (including phenoxy) is 4. The first-order valence-corrected chi connectivity index (χ1v) is 25.3. The lowest BCUT2D eigenvalue weighted by atomic mass is 9.87. The van der Waals surface area contributed by atoms with Gasteiger partial charge < -0.3 is 18.9 Å². The summed E-state index contributed by atoms with van der Waals surface area (Å²) in [5.74, 6) is 0.149. The van der Waals surface area contributed by atoms with E-state index in [9.17, 15) is 19.2 Å². The molecule has 0 unspecified atom stereocenters. The van der Waals surface area contributed by atoms with E-state index in [2.05, 4.69) is 54.0 Å². The highest BCUT2D eigenvalue weighted by atomic mass is 16.5. The molecule has 8 heteroatoms. The van der Waals surface area contributed by atoms with Crippen molar-refractivity contribution in [3.8, 4) is 23.0 Å². The van der Waals surface area contributed by atoms with Gasteiger partial charge in [0.25, 0.3) is 0 Å². The highest BCUT2D eigenvalue weighted by Gasteiger charge is 2.16. The second kappa shape index (κ2) is 33.7. The van der Waals surface area contributed by atoms with Crippen molar-refractivity contribution >= 4 is 46.2 Å². The van der Waals surface area contributed by atoms with Crippen molar-refractivity contribution in [2.45, 2.75) is 143 Å². The van der Waals surface area contributed by atoms with Crippen molar-refractivity contribution in [2.24, 2.45) is 0 Å². The molecule has 0 atom stereocenters. The average Bonchev–Trinajstić information content (AvgIpc) is 3.38. The van der Waals surface area contributed by atoms with Gasteiger partial charge in [-0.05, 0) is 144 Å². The van der Waals surface area contributed by atoms with E-state index in [0.717, 1.165) is 124 Å². The molecule has 4 aromatic carbocycles. The van der Waals surface area contributed by atoms with Crippen molar-refractivity contribution < 1.29 is 38.1 Å². The molecule has 0 saturated carbocycles. The first-order valence-electron chi connectivity index (χ1n) is 25.3. The minimum absolute atomic E-state index is 0.466. The molecule has 0 heterocycles. The second-order valence-corrected chi connectivity index (χ2v) is 17.0. The second-order valence-electron chi connectivity index (χ2n) is 17.0. The van der Waals surface area contributed by atoms with Gasteiger partial charge in [0.05, 0.1) is 0 Å². The summed E-state index contributed by atoms with van der Waals surface area (Å²) in [6, 6.07) is 30.9. The third-order valence-corrected chi connectivity index (χ3v) is 11.7. The fourth-order valence-corrected chi connectivity index (χ4v) is 7.97. The molecule has 0 spiro atoms. The summed E-state index contributed by atoms with van der Waals surface area (Å²) in [5.41, 5.74) is 9.78. The first-order chi connectivity index (χ1) is 34.0. The lowest BCUT2D eigenvalue weighted by molar-refractivity contribution is -0.129. The minimum atomic E-state index is -0.469. The van der Waals surface area contributed by atoms with Gasteiger partial charge in [-0.25, -0.2) is 19.2 Å². The van der Waals surface area contributed by atoms with E-state index in [1.807, 2.05) is 97.1 Å². The predicted molar refractivity (Wildman–Crippen MR) is 289 cm³/mol. The van der Waals surface area contributed by atoms with Gasteiger partial charge in [-0.2, -0.15) is 0 Å². The van der Waals surface area contributed by atoms with Crippen LogP contribution >= 0.6 is 0 Å². The zero-order valence-electron chi connectivity index (χ0n) is 42.4. The van der Waals surface area contributed by atoms with Crippen LogP contribution in [0.2, 0.25) is 0 Å². The molecule has 0 aromatic heterocycles. The van der Waals surface area contributed by atoms with E-state index >= 15 is 0 Å². The normalized spacial score (nSPS) is 11.4. The fourth-order valence-electron chi connectivity index (χ4n) is 7.97. The monoisotopic (exact) mass is 949 g/mol. The van der Waals surface area contributed by atoms with Gasteiger partial charge in [-0.3, -0.25) is 0 Å². The maximum atomic E-state index is 11.6. The summed E-state index contributed by atoms with van der Waals surface area (Å²) in [6.07, 6.45) is 24.8. The van der Waals surface area contributed by atoms with E-state index in [1.165, 1.54) is 60.8 Å². The highest BCUT2D eigenvalue weighted by molar-refractivity contribution is 5.93. The third-order valence-electron chi connectivity index (χ3n) is 11.7. The zero-order chi connectivity index (χ0) is 50.9. The van der Waals surface area contributed by atoms with E-state index in [1.54, 1.807) is 0 Å². The minimum Gasteiger partial charge on any atom is -0.423 e. The molecule has 4 aromatic rings. The number of hydrogen-bond donors (Lipinski definition) is 0. The lowest BCUT2D eigenvalue weighted by Crippen LogP contribution is -2.03. The zero-order valence-corrected chi connectivity index (χ0v) is 42.4. The van der Waals surface area contributed by atoms with Crippen LogP contribution in [-0.2, 0) is 19.2 Å². The van der Waals surface area contributed by atoms with Crippen LogP contribution in [-0.4, -0.2) is 23.9 Å². The fraction of sp³-hybridized carbons (Fsp3) is 0.355. The van der Waals surface area contributed by atoms with Gasteiger partial charge >= 0.3 is 23.9 Å². The van der Waals surface area contributed by atoms with Crippen molar-refractivity contribution in [1.82, 2.24) is 0 Å². The highest BCUT2D eigenvalue weighted by Crippen LogP contribution is 2.38. The number of hydrogen-bond acceptors (Lipinski definition) is 8. The van der Waals surface area contributed by atoms with Crippen molar-refractivity contribution in [2.75, 3.05) is 0 Å². The van der Waals surface area contributed by atoms with Crippen LogP contribution in [0, 0.1) is 0 Å². The Morgan fingerprint density at radius 2 is 0.500 bits per heavy atom. The Morgan fingerprint density at radius 3 is 0.686 bits per heavy atom. The number of esters is 4. The molecule has 4 rings (SSSR count). The van der Waals surface area contributed by atoms with Crippen molar-refractivity contribution in [3.63, 3.8) is 0 Å². The number of unbranched alkanes of at least 4 members (excludes halogenated alkanes) is 10. The van der Waals surface area contributed by atoms with Crippen LogP contribution in [0.4, 0.5) is 0 Å². The summed E-state index contributed by atoms with van der Waals surface area (Å²) in [7, 11) is 0. The Balaban J connectivity index is 0.000000371. The standard InChI is InChI=1S/C32H40O4.C30H36O4/c1-5-9-11-13-15-29(25-17-21-27(22-18-25)35-31(33)7-3)30(16-14-12-10-6-2)26-19-23-28(24-20-26)36-32(34)8-4;1-5-9-11-13-27(23-15-19-25(20-16-23)33-29(31)7-3)28(14-12-10-6-2)24-17-21-26(22-18-24)34-30(32)8-4/h7-8,17-24H,3-6,9-16H2,1-2H3;7-8,15-22H,3-6,9-14H2,1-2H3. The number of carbonyl (C=O) groups excluding carboxylic acids is 4. The third kappa shape index (κ3) is 20.8. The van der Waals surface area contributed by atoms with Crippen LogP contribution < -0.4 is 18.9 Å². The summed E-state index contributed by atoms with van der Waals surface area (Å²) in [4.78, 5) is 46.3. The molecule has 0 amide bonds. The molecule has 0 radical (unpaired) electrons. The Labute approximate surface area is 418 Å². The predicted octanol–water partition coefficient (Wildman–Crippen LogP) is 16.7. The van der Waals surface area contributed by atoms with Gasteiger partial charge in [-0.15, -0.1) is 0 Å². The van der Waals surface area contributed by atoms with Crippen LogP contribution in [0.1, 0.15) is 166 Å². The maximum Gasteiger partial charge on any atom is 0.335 e. The molecule has 0 aliphatic heterocycles. The molecule has 8 nitrogen and oxygen atoms in total. The Kier molecular flexibility index (Phi) is 27.7. The molecule has 0 aliphatic carbocycles. The molecule has 0 fully saturated rings. The molecule has 0 N–H and O–H groups in total. The van der Waals surface area contributed by atoms with Gasteiger partial charge in [0.2, 0.25) is 0 Å². The quantitative estimate of drug-likeness (QED) is 0.0167. The van der Waals surface area contributed by atoms with Crippen molar-refractivity contribution in [3.05, 3.63) is 170 Å². The SMILES string of the molecule is C=CC(=O)Oc1ccc(C(CCCCC)=C(CCCCC)c2ccc(OC(=O)C=C)cc2)cc1.C=CC(=O)Oc1ccc(C(CCCCCC)=C(CCCCCC)c2ccc(OC(=O)C=C)cc2)cc1. The number of carbonyl (C=O) groups is 4. The molecule has 0 saturated heterocycles. The summed E-state index contributed by atoms with van der Waals surface area (Å²) in [5, 5.41) is 0. The molecule has 372 valence electrons. The van der Waals surface area contributed by atoms with E-state index in [4.69, 9.17) is 18.9 Å². The van der Waals surface area contributed by atoms with Gasteiger partial charge in [0, 0.05) is 24.3 Å². The molecule has 0 aliphatic rings. The number of benzene rings is 4. The number of allylic oxidation sites excluding steroid dienone is 4. The smallest absolute Gasteiger partial charge is 0.335 e. The average molecular weight is 949 g/mol. The van der Waals surface area contributed by atoms with Gasteiger partial charge in [0.1, 0.15) is 23.0 Å². The molecular formula is C62H76O8. The molecule has 0 bridgehead atoms. The largest absolute Gasteiger partial charge is 0.423 e. The van der Waals surface area contributed by atoms with E-state index in [-0.39, 0.29) is 0 Å². The topological polar surface area (TPSA) is 105 Å². The van der Waals surface area contributed by atoms with E-state index < -0.39 is 23.9 Å². The van der Waals surface area contributed by atoms with Gasteiger partial charge in [-0.1, -0.05) is 167 Å². The molecular weight excluding hydrogens is 873 g/mol.